The van der Waals surface area contributed by atoms with Crippen LogP contribution in [-0.4, -0.2) is 24.7 Å². The molecule has 5 nitrogen and oxygen atoms in total. The first-order valence-electron chi connectivity index (χ1n) is 5.72. The molecule has 0 radical (unpaired) electrons. The lowest BCUT2D eigenvalue weighted by molar-refractivity contribution is -0.145. The first-order chi connectivity index (χ1) is 8.24. The summed E-state index contributed by atoms with van der Waals surface area (Å²) in [7, 11) is 0. The summed E-state index contributed by atoms with van der Waals surface area (Å²) in [5.41, 5.74) is 13.0. The molecule has 0 saturated carbocycles. The molecule has 1 fully saturated rings. The number of nitrogens with two attached hydrogens (primary N) is 1. The van der Waals surface area contributed by atoms with Crippen LogP contribution in [0, 0.1) is 0 Å². The van der Waals surface area contributed by atoms with Crippen LogP contribution in [0.3, 0.4) is 0 Å². The third-order valence-electron chi connectivity index (χ3n) is 2.86. The molecule has 4 N–H and O–H groups in total. The number of carbonyl (C=O) groups excluding carboxylic acids is 1. The molecule has 0 amide bonds. The van der Waals surface area contributed by atoms with E-state index in [1.54, 1.807) is 6.92 Å². The summed E-state index contributed by atoms with van der Waals surface area (Å²) in [6.45, 7) is 2.14. The molecule has 0 bridgehead atoms. The van der Waals surface area contributed by atoms with Crippen LogP contribution in [0.25, 0.3) is 0 Å². The van der Waals surface area contributed by atoms with Crippen LogP contribution < -0.4 is 16.6 Å². The Balaban J connectivity index is 2.07. The fraction of sp³-hybridized carbons (Fsp3) is 0.417. The van der Waals surface area contributed by atoms with Gasteiger partial charge in [-0.05, 0) is 12.5 Å². The molecule has 0 aromatic heterocycles. The second-order valence-electron chi connectivity index (χ2n) is 3.98. The largest absolute Gasteiger partial charge is 0.465 e. The highest BCUT2D eigenvalue weighted by atomic mass is 16.5. The van der Waals surface area contributed by atoms with E-state index in [4.69, 9.17) is 10.5 Å². The van der Waals surface area contributed by atoms with Gasteiger partial charge in [-0.3, -0.25) is 4.79 Å². The Morgan fingerprint density at radius 1 is 1.35 bits per heavy atom. The smallest absolute Gasteiger partial charge is 0.326 e. The molecule has 1 aliphatic heterocycles. The normalized spacial score (nSPS) is 28.0. The molecule has 0 aliphatic carbocycles. The van der Waals surface area contributed by atoms with Crippen molar-refractivity contribution < 1.29 is 9.53 Å². The summed E-state index contributed by atoms with van der Waals surface area (Å²) in [4.78, 5) is 11.6. The maximum Gasteiger partial charge on any atom is 0.326 e. The molecule has 0 spiro atoms. The first-order valence-corrected chi connectivity index (χ1v) is 5.72. The molecule has 17 heavy (non-hydrogen) atoms. The third kappa shape index (κ3) is 2.46. The average Bonchev–Trinajstić information content (AvgIpc) is 2.72. The fourth-order valence-electron chi connectivity index (χ4n) is 1.98. The quantitative estimate of drug-likeness (QED) is 0.648. The lowest BCUT2D eigenvalue weighted by Crippen LogP contribution is -2.45. The van der Waals surface area contributed by atoms with Gasteiger partial charge in [0.1, 0.15) is 6.04 Å². The predicted molar refractivity (Wildman–Crippen MR) is 63.9 cm³/mol. The molecule has 1 aliphatic rings. The maximum atomic E-state index is 11.6. The molecule has 3 unspecified atom stereocenters. The van der Waals surface area contributed by atoms with Crippen LogP contribution in [0.2, 0.25) is 0 Å². The van der Waals surface area contributed by atoms with Crippen molar-refractivity contribution in [2.75, 3.05) is 6.61 Å². The van der Waals surface area contributed by atoms with E-state index in [1.807, 2.05) is 30.3 Å². The van der Waals surface area contributed by atoms with Gasteiger partial charge >= 0.3 is 5.97 Å². The lowest BCUT2D eigenvalue weighted by Gasteiger charge is -2.17. The van der Waals surface area contributed by atoms with Crippen molar-refractivity contribution in [2.45, 2.75) is 25.0 Å². The number of nitrogens with one attached hydrogen (secondary N) is 2. The molecule has 1 aromatic carbocycles. The first kappa shape index (κ1) is 12.0. The number of hydrogen-bond acceptors (Lipinski definition) is 5. The van der Waals surface area contributed by atoms with Crippen LogP contribution in [-0.2, 0) is 9.53 Å². The highest BCUT2D eigenvalue weighted by Gasteiger charge is 2.39. The highest BCUT2D eigenvalue weighted by Crippen LogP contribution is 2.21. The number of rotatable bonds is 3. The topological polar surface area (TPSA) is 76.4 Å². The van der Waals surface area contributed by atoms with Gasteiger partial charge in [-0.2, -0.15) is 0 Å². The number of hydrogen-bond donors (Lipinski definition) is 3. The summed E-state index contributed by atoms with van der Waals surface area (Å²) < 4.78 is 4.96. The number of benzene rings is 1. The zero-order chi connectivity index (χ0) is 12.3. The van der Waals surface area contributed by atoms with Gasteiger partial charge in [-0.25, -0.2) is 10.9 Å². The molecule has 1 aromatic rings. The van der Waals surface area contributed by atoms with E-state index in [0.29, 0.717) is 6.61 Å². The van der Waals surface area contributed by atoms with Gasteiger partial charge in [0.15, 0.2) is 0 Å². The van der Waals surface area contributed by atoms with Crippen molar-refractivity contribution in [1.82, 2.24) is 10.9 Å². The molecule has 5 heteroatoms. The van der Waals surface area contributed by atoms with Crippen LogP contribution in [0.15, 0.2) is 30.3 Å². The molecular formula is C12H17N3O2. The minimum absolute atomic E-state index is 0.0781. The summed E-state index contributed by atoms with van der Waals surface area (Å²) in [6, 6.07) is 8.88. The van der Waals surface area contributed by atoms with E-state index in [1.165, 1.54) is 0 Å². The standard InChI is InChI=1S/C12H17N3O2/c1-2-17-12(16)11-9(13)10(14-15-11)8-6-4-3-5-7-8/h3-7,9-11,14-15H,2,13H2,1H3. The van der Waals surface area contributed by atoms with Crippen molar-refractivity contribution in [3.8, 4) is 0 Å². The van der Waals surface area contributed by atoms with Gasteiger partial charge in [0.2, 0.25) is 0 Å². The Morgan fingerprint density at radius 2 is 2.06 bits per heavy atom. The monoisotopic (exact) mass is 235 g/mol. The Bertz CT molecular complexity index is 383. The fourth-order valence-corrected chi connectivity index (χ4v) is 1.98. The van der Waals surface area contributed by atoms with Crippen molar-refractivity contribution in [1.29, 1.82) is 0 Å². The molecule has 1 heterocycles. The number of carbonyl (C=O) groups is 1. The van der Waals surface area contributed by atoms with Gasteiger partial charge in [0.25, 0.3) is 0 Å². The summed E-state index contributed by atoms with van der Waals surface area (Å²) in [6.07, 6.45) is 0. The van der Waals surface area contributed by atoms with Crippen molar-refractivity contribution in [2.24, 2.45) is 5.73 Å². The zero-order valence-electron chi connectivity index (χ0n) is 9.72. The summed E-state index contributed by atoms with van der Waals surface area (Å²) in [5, 5.41) is 0. The second-order valence-corrected chi connectivity index (χ2v) is 3.98. The van der Waals surface area contributed by atoms with Crippen LogP contribution in [0.5, 0.6) is 0 Å². The van der Waals surface area contributed by atoms with E-state index < -0.39 is 6.04 Å². The van der Waals surface area contributed by atoms with E-state index in [-0.39, 0.29) is 18.1 Å². The van der Waals surface area contributed by atoms with E-state index in [9.17, 15) is 4.79 Å². The third-order valence-corrected chi connectivity index (χ3v) is 2.86. The minimum Gasteiger partial charge on any atom is -0.465 e. The Kier molecular flexibility index (Phi) is 3.73. The van der Waals surface area contributed by atoms with Gasteiger partial charge in [-0.1, -0.05) is 30.3 Å². The summed E-state index contributed by atoms with van der Waals surface area (Å²) in [5.74, 6) is -0.314. The Morgan fingerprint density at radius 3 is 2.71 bits per heavy atom. The predicted octanol–water partition coefficient (Wildman–Crippen LogP) is 0.0945. The van der Waals surface area contributed by atoms with Crippen molar-refractivity contribution >= 4 is 5.97 Å². The van der Waals surface area contributed by atoms with Crippen LogP contribution in [0.4, 0.5) is 0 Å². The molecular weight excluding hydrogens is 218 g/mol. The SMILES string of the molecule is CCOC(=O)C1NNC(c2ccccc2)C1N. The minimum atomic E-state index is -0.500. The van der Waals surface area contributed by atoms with E-state index >= 15 is 0 Å². The molecule has 92 valence electrons. The van der Waals surface area contributed by atoms with Gasteiger partial charge < -0.3 is 10.5 Å². The van der Waals surface area contributed by atoms with Crippen LogP contribution in [0.1, 0.15) is 18.5 Å². The molecule has 1 saturated heterocycles. The summed E-state index contributed by atoms with van der Waals surface area (Å²) >= 11 is 0. The van der Waals surface area contributed by atoms with Gasteiger partial charge in [0, 0.05) is 0 Å². The highest BCUT2D eigenvalue weighted by molar-refractivity contribution is 5.77. The average molecular weight is 235 g/mol. The molecule has 3 atom stereocenters. The lowest BCUT2D eigenvalue weighted by atomic mass is 9.97. The Labute approximate surface area is 100 Å². The van der Waals surface area contributed by atoms with Crippen molar-refractivity contribution in [3.63, 3.8) is 0 Å². The molecule has 2 rings (SSSR count). The van der Waals surface area contributed by atoms with Crippen LogP contribution >= 0.6 is 0 Å². The van der Waals surface area contributed by atoms with Crippen molar-refractivity contribution in [3.05, 3.63) is 35.9 Å². The van der Waals surface area contributed by atoms with E-state index in [0.717, 1.165) is 5.56 Å². The zero-order valence-corrected chi connectivity index (χ0v) is 9.72. The van der Waals surface area contributed by atoms with Gasteiger partial charge in [0.05, 0.1) is 18.7 Å². The number of hydrazine groups is 1. The second kappa shape index (κ2) is 5.27. The van der Waals surface area contributed by atoms with E-state index in [2.05, 4.69) is 10.9 Å². The number of ether oxygens (including phenoxy) is 1. The van der Waals surface area contributed by atoms with Gasteiger partial charge in [-0.15, -0.1) is 0 Å². The maximum absolute atomic E-state index is 11.6. The number of esters is 1. The Hall–Kier alpha value is -1.43.